The highest BCUT2D eigenvalue weighted by molar-refractivity contribution is 5.50. The Labute approximate surface area is 95.8 Å². The molecule has 0 saturated carbocycles. The maximum Gasteiger partial charge on any atom is 0.166 e. The third-order valence-corrected chi connectivity index (χ3v) is 2.42. The second-order valence-electron chi connectivity index (χ2n) is 3.35. The van der Waals surface area contributed by atoms with Gasteiger partial charge in [0.15, 0.2) is 11.5 Å². The van der Waals surface area contributed by atoms with Gasteiger partial charge in [-0.15, -0.1) is 0 Å². The number of aliphatic hydroxyl groups excluding tert-OH is 1. The molecule has 0 fully saturated rings. The van der Waals surface area contributed by atoms with Gasteiger partial charge in [0.1, 0.15) is 0 Å². The van der Waals surface area contributed by atoms with E-state index >= 15 is 0 Å². The molecule has 0 heterocycles. The van der Waals surface area contributed by atoms with E-state index in [0.29, 0.717) is 24.5 Å². The average Bonchev–Trinajstić information content (AvgIpc) is 2.31. The highest BCUT2D eigenvalue weighted by Crippen LogP contribution is 2.34. The Morgan fingerprint density at radius 2 is 1.88 bits per heavy atom. The van der Waals surface area contributed by atoms with Crippen molar-refractivity contribution < 1.29 is 19.3 Å². The Morgan fingerprint density at radius 1 is 1.12 bits per heavy atom. The summed E-state index contributed by atoms with van der Waals surface area (Å²) in [6.07, 6.45) is 0.582. The predicted octanol–water partition coefficient (Wildman–Crippen LogP) is 1.39. The van der Waals surface area contributed by atoms with Crippen LogP contribution in [0, 0.1) is 0 Å². The summed E-state index contributed by atoms with van der Waals surface area (Å²) >= 11 is 0. The van der Waals surface area contributed by atoms with E-state index in [1.807, 2.05) is 12.1 Å². The van der Waals surface area contributed by atoms with Crippen LogP contribution in [0.4, 0.5) is 0 Å². The molecule has 0 saturated heterocycles. The minimum absolute atomic E-state index is 0.103. The fraction of sp³-hybridized carbons (Fsp3) is 0.500. The SMILES string of the molecule is COCc1c(CCO)ccc(OC)c1OC. The summed E-state index contributed by atoms with van der Waals surface area (Å²) in [5, 5.41) is 8.99. The fourth-order valence-corrected chi connectivity index (χ4v) is 1.69. The molecule has 1 aromatic carbocycles. The van der Waals surface area contributed by atoms with Crippen LogP contribution in [0.25, 0.3) is 0 Å². The molecule has 0 aromatic heterocycles. The van der Waals surface area contributed by atoms with Crippen molar-refractivity contribution in [1.82, 2.24) is 0 Å². The first-order valence-corrected chi connectivity index (χ1v) is 5.11. The average molecular weight is 226 g/mol. The maximum atomic E-state index is 8.99. The van der Waals surface area contributed by atoms with E-state index in [1.54, 1.807) is 21.3 Å². The van der Waals surface area contributed by atoms with Gasteiger partial charge in [0.2, 0.25) is 0 Å². The van der Waals surface area contributed by atoms with Gasteiger partial charge in [-0.1, -0.05) is 6.07 Å². The third kappa shape index (κ3) is 2.65. The molecular weight excluding hydrogens is 208 g/mol. The van der Waals surface area contributed by atoms with Gasteiger partial charge in [-0.3, -0.25) is 0 Å². The molecule has 0 aliphatic carbocycles. The standard InChI is InChI=1S/C12H18O4/c1-14-8-10-9(6-7-13)4-5-11(15-2)12(10)16-3/h4-5,13H,6-8H2,1-3H3. The minimum Gasteiger partial charge on any atom is -0.493 e. The van der Waals surface area contributed by atoms with Crippen molar-refractivity contribution in [3.05, 3.63) is 23.3 Å². The van der Waals surface area contributed by atoms with Crippen LogP contribution < -0.4 is 9.47 Å². The lowest BCUT2D eigenvalue weighted by Gasteiger charge is -2.16. The van der Waals surface area contributed by atoms with E-state index in [2.05, 4.69) is 0 Å². The van der Waals surface area contributed by atoms with Gasteiger partial charge in [0, 0.05) is 19.3 Å². The molecule has 1 N–H and O–H groups in total. The van der Waals surface area contributed by atoms with Crippen LogP contribution in [0.5, 0.6) is 11.5 Å². The number of aliphatic hydroxyl groups is 1. The first-order chi connectivity index (χ1) is 7.78. The fourth-order valence-electron chi connectivity index (χ4n) is 1.69. The summed E-state index contributed by atoms with van der Waals surface area (Å²) in [4.78, 5) is 0. The Balaban J connectivity index is 3.20. The van der Waals surface area contributed by atoms with Crippen LogP contribution in [0.2, 0.25) is 0 Å². The van der Waals surface area contributed by atoms with Crippen LogP contribution in [-0.2, 0) is 17.8 Å². The quantitative estimate of drug-likeness (QED) is 0.796. The Morgan fingerprint density at radius 3 is 2.38 bits per heavy atom. The molecule has 0 spiro atoms. The van der Waals surface area contributed by atoms with Crippen molar-refractivity contribution in [3.8, 4) is 11.5 Å². The molecule has 4 nitrogen and oxygen atoms in total. The summed E-state index contributed by atoms with van der Waals surface area (Å²) < 4.78 is 15.7. The van der Waals surface area contributed by atoms with Crippen LogP contribution >= 0.6 is 0 Å². The van der Waals surface area contributed by atoms with E-state index in [4.69, 9.17) is 19.3 Å². The molecule has 1 aromatic rings. The zero-order valence-electron chi connectivity index (χ0n) is 9.95. The van der Waals surface area contributed by atoms with Gasteiger partial charge >= 0.3 is 0 Å². The molecule has 16 heavy (non-hydrogen) atoms. The highest BCUT2D eigenvalue weighted by Gasteiger charge is 2.14. The lowest BCUT2D eigenvalue weighted by molar-refractivity contribution is 0.179. The predicted molar refractivity (Wildman–Crippen MR) is 61.0 cm³/mol. The zero-order chi connectivity index (χ0) is 12.0. The maximum absolute atomic E-state index is 8.99. The Bertz CT molecular complexity index is 336. The molecular formula is C12H18O4. The molecule has 0 bridgehead atoms. The van der Waals surface area contributed by atoms with E-state index in [-0.39, 0.29) is 6.61 Å². The highest BCUT2D eigenvalue weighted by atomic mass is 16.5. The van der Waals surface area contributed by atoms with Gasteiger partial charge in [-0.2, -0.15) is 0 Å². The largest absolute Gasteiger partial charge is 0.493 e. The smallest absolute Gasteiger partial charge is 0.166 e. The van der Waals surface area contributed by atoms with Crippen molar-refractivity contribution >= 4 is 0 Å². The van der Waals surface area contributed by atoms with Crippen LogP contribution in [0.15, 0.2) is 12.1 Å². The summed E-state index contributed by atoms with van der Waals surface area (Å²) in [6, 6.07) is 3.76. The van der Waals surface area contributed by atoms with Crippen LogP contribution in [0.1, 0.15) is 11.1 Å². The molecule has 0 atom stereocenters. The van der Waals surface area contributed by atoms with Gasteiger partial charge in [-0.05, 0) is 18.1 Å². The van der Waals surface area contributed by atoms with Crippen molar-refractivity contribution in [2.45, 2.75) is 13.0 Å². The lowest BCUT2D eigenvalue weighted by atomic mass is 10.0. The minimum atomic E-state index is 0.103. The molecule has 0 amide bonds. The summed E-state index contributed by atoms with van der Waals surface area (Å²) in [5.74, 6) is 1.35. The zero-order valence-corrected chi connectivity index (χ0v) is 9.95. The summed E-state index contributed by atoms with van der Waals surface area (Å²) in [7, 11) is 4.82. The number of rotatable bonds is 6. The Kier molecular flexibility index (Phi) is 5.08. The molecule has 4 heteroatoms. The van der Waals surface area contributed by atoms with Crippen LogP contribution in [0.3, 0.4) is 0 Å². The second kappa shape index (κ2) is 6.35. The molecule has 0 radical (unpaired) electrons. The van der Waals surface area contributed by atoms with E-state index in [0.717, 1.165) is 11.1 Å². The normalized spacial score (nSPS) is 10.2. The van der Waals surface area contributed by atoms with Crippen molar-refractivity contribution in [3.63, 3.8) is 0 Å². The van der Waals surface area contributed by atoms with Gasteiger partial charge in [0.25, 0.3) is 0 Å². The monoisotopic (exact) mass is 226 g/mol. The lowest BCUT2D eigenvalue weighted by Crippen LogP contribution is -2.03. The van der Waals surface area contributed by atoms with Crippen molar-refractivity contribution in [1.29, 1.82) is 0 Å². The molecule has 0 unspecified atom stereocenters. The molecule has 90 valence electrons. The molecule has 1 rings (SSSR count). The summed E-state index contributed by atoms with van der Waals surface area (Å²) in [5.41, 5.74) is 1.94. The first-order valence-electron chi connectivity index (χ1n) is 5.11. The van der Waals surface area contributed by atoms with Gasteiger partial charge < -0.3 is 19.3 Å². The van der Waals surface area contributed by atoms with Crippen molar-refractivity contribution in [2.75, 3.05) is 27.9 Å². The number of ether oxygens (including phenoxy) is 3. The van der Waals surface area contributed by atoms with E-state index in [9.17, 15) is 0 Å². The number of hydrogen-bond donors (Lipinski definition) is 1. The molecule has 0 aliphatic heterocycles. The van der Waals surface area contributed by atoms with Crippen LogP contribution in [-0.4, -0.2) is 33.0 Å². The Hall–Kier alpha value is -1.26. The summed E-state index contributed by atoms with van der Waals surface area (Å²) in [6.45, 7) is 0.544. The first kappa shape index (κ1) is 12.8. The van der Waals surface area contributed by atoms with Crippen molar-refractivity contribution in [2.24, 2.45) is 0 Å². The van der Waals surface area contributed by atoms with E-state index in [1.165, 1.54) is 0 Å². The topological polar surface area (TPSA) is 47.9 Å². The third-order valence-electron chi connectivity index (χ3n) is 2.42. The second-order valence-corrected chi connectivity index (χ2v) is 3.35. The number of hydrogen-bond acceptors (Lipinski definition) is 4. The van der Waals surface area contributed by atoms with E-state index < -0.39 is 0 Å². The van der Waals surface area contributed by atoms with Gasteiger partial charge in [0.05, 0.1) is 20.8 Å². The van der Waals surface area contributed by atoms with Gasteiger partial charge in [-0.25, -0.2) is 0 Å². The number of benzene rings is 1. The molecule has 0 aliphatic rings. The number of methoxy groups -OCH3 is 3.